The normalized spacial score (nSPS) is 23.6. The van der Waals surface area contributed by atoms with E-state index in [9.17, 15) is 4.79 Å². The van der Waals surface area contributed by atoms with Crippen LogP contribution in [0, 0.1) is 0 Å². The van der Waals surface area contributed by atoms with Gasteiger partial charge in [-0.05, 0) is 32.9 Å². The van der Waals surface area contributed by atoms with Gasteiger partial charge in [0.25, 0.3) is 0 Å². The smallest absolute Gasteiger partial charge is 0.222 e. The van der Waals surface area contributed by atoms with Crippen LogP contribution in [0.1, 0.15) is 37.9 Å². The van der Waals surface area contributed by atoms with Crippen LogP contribution in [0.25, 0.3) is 0 Å². The first-order valence-corrected chi connectivity index (χ1v) is 9.30. The predicted octanol–water partition coefficient (Wildman–Crippen LogP) is 1.33. The lowest BCUT2D eigenvalue weighted by Gasteiger charge is -2.36. The van der Waals surface area contributed by atoms with Gasteiger partial charge in [-0.2, -0.15) is 0 Å². The number of amides is 1. The Morgan fingerprint density at radius 2 is 1.96 bits per heavy atom. The molecule has 6 nitrogen and oxygen atoms in total. The van der Waals surface area contributed by atoms with Crippen molar-refractivity contribution in [3.05, 3.63) is 18.2 Å². The van der Waals surface area contributed by atoms with Crippen molar-refractivity contribution in [1.29, 1.82) is 0 Å². The quantitative estimate of drug-likeness (QED) is 0.815. The summed E-state index contributed by atoms with van der Waals surface area (Å²) >= 11 is 0. The summed E-state index contributed by atoms with van der Waals surface area (Å²) in [5.41, 5.74) is 0. The summed E-state index contributed by atoms with van der Waals surface area (Å²) in [5, 5.41) is 0. The molecule has 0 saturated carbocycles. The fraction of sp³-hybridized carbons (Fsp3) is 0.778. The summed E-state index contributed by atoms with van der Waals surface area (Å²) in [6.07, 6.45) is 9.42. The Kier molecular flexibility index (Phi) is 5.89. The average molecular weight is 333 g/mol. The van der Waals surface area contributed by atoms with Crippen LogP contribution in [-0.4, -0.2) is 76.0 Å². The molecule has 24 heavy (non-hydrogen) atoms. The van der Waals surface area contributed by atoms with Crippen LogP contribution >= 0.6 is 0 Å². The van der Waals surface area contributed by atoms with Crippen molar-refractivity contribution in [3.8, 4) is 0 Å². The van der Waals surface area contributed by atoms with Gasteiger partial charge in [0, 0.05) is 58.1 Å². The van der Waals surface area contributed by atoms with Gasteiger partial charge in [-0.15, -0.1) is 0 Å². The minimum atomic E-state index is 0.339. The highest BCUT2D eigenvalue weighted by atomic mass is 16.2. The van der Waals surface area contributed by atoms with Crippen molar-refractivity contribution in [2.24, 2.45) is 7.05 Å². The number of carbonyl (C=O) groups is 1. The molecule has 2 aliphatic heterocycles. The summed E-state index contributed by atoms with van der Waals surface area (Å²) in [7, 11) is 4.23. The highest BCUT2D eigenvalue weighted by Crippen LogP contribution is 2.19. The largest absolute Gasteiger partial charge is 0.340 e. The number of imidazole rings is 1. The Labute approximate surface area is 145 Å². The van der Waals surface area contributed by atoms with Gasteiger partial charge >= 0.3 is 0 Å². The highest BCUT2D eigenvalue weighted by molar-refractivity contribution is 5.76. The summed E-state index contributed by atoms with van der Waals surface area (Å²) < 4.78 is 2.07. The zero-order valence-corrected chi connectivity index (χ0v) is 15.2. The van der Waals surface area contributed by atoms with Crippen molar-refractivity contribution < 1.29 is 4.79 Å². The molecular weight excluding hydrogens is 302 g/mol. The fourth-order valence-corrected chi connectivity index (χ4v) is 3.86. The summed E-state index contributed by atoms with van der Waals surface area (Å²) in [6, 6.07) is 0.604. The molecule has 1 aromatic rings. The lowest BCUT2D eigenvalue weighted by Crippen LogP contribution is -2.48. The fourth-order valence-electron chi connectivity index (χ4n) is 3.86. The first kappa shape index (κ1) is 17.4. The molecule has 3 heterocycles. The van der Waals surface area contributed by atoms with Crippen LogP contribution < -0.4 is 0 Å². The van der Waals surface area contributed by atoms with Crippen LogP contribution in [0.4, 0.5) is 0 Å². The number of aryl methyl sites for hydroxylation is 1. The van der Waals surface area contributed by atoms with Gasteiger partial charge in [-0.3, -0.25) is 9.69 Å². The van der Waals surface area contributed by atoms with E-state index in [1.54, 1.807) is 0 Å². The Bertz CT molecular complexity index is 535. The lowest BCUT2D eigenvalue weighted by atomic mass is 9.98. The second kappa shape index (κ2) is 8.12. The number of nitrogens with zero attached hydrogens (tertiary/aromatic N) is 5. The van der Waals surface area contributed by atoms with Crippen molar-refractivity contribution in [2.75, 3.05) is 39.8 Å². The number of carbonyl (C=O) groups excluding carboxylic acids is 1. The molecular formula is C18H31N5O. The Morgan fingerprint density at radius 1 is 1.17 bits per heavy atom. The van der Waals surface area contributed by atoms with E-state index in [1.165, 1.54) is 25.8 Å². The molecule has 0 radical (unpaired) electrons. The van der Waals surface area contributed by atoms with Crippen LogP contribution in [0.15, 0.2) is 12.4 Å². The molecule has 6 heteroatoms. The molecule has 2 saturated heterocycles. The number of aromatic nitrogens is 2. The van der Waals surface area contributed by atoms with E-state index >= 15 is 0 Å². The first-order valence-electron chi connectivity index (χ1n) is 9.30. The summed E-state index contributed by atoms with van der Waals surface area (Å²) in [5.74, 6) is 1.43. The highest BCUT2D eigenvalue weighted by Gasteiger charge is 2.24. The lowest BCUT2D eigenvalue weighted by molar-refractivity contribution is -0.133. The maximum Gasteiger partial charge on any atom is 0.222 e. The van der Waals surface area contributed by atoms with E-state index in [0.717, 1.165) is 45.0 Å². The van der Waals surface area contributed by atoms with E-state index < -0.39 is 0 Å². The van der Waals surface area contributed by atoms with Crippen LogP contribution in [0.5, 0.6) is 0 Å². The molecule has 0 unspecified atom stereocenters. The summed E-state index contributed by atoms with van der Waals surface area (Å²) in [4.78, 5) is 23.8. The number of piperidine rings is 1. The first-order chi connectivity index (χ1) is 11.6. The summed E-state index contributed by atoms with van der Waals surface area (Å²) in [6.45, 7) is 5.65. The van der Waals surface area contributed by atoms with Crippen molar-refractivity contribution in [2.45, 2.75) is 44.7 Å². The van der Waals surface area contributed by atoms with Gasteiger partial charge in [0.2, 0.25) is 5.91 Å². The number of hydrogen-bond donors (Lipinski definition) is 0. The van der Waals surface area contributed by atoms with Gasteiger partial charge in [0.05, 0.1) is 6.54 Å². The van der Waals surface area contributed by atoms with Gasteiger partial charge in [0.15, 0.2) is 0 Å². The maximum atomic E-state index is 12.5. The van der Waals surface area contributed by atoms with E-state index in [-0.39, 0.29) is 0 Å². The third-order valence-corrected chi connectivity index (χ3v) is 5.62. The zero-order chi connectivity index (χ0) is 16.9. The van der Waals surface area contributed by atoms with Gasteiger partial charge in [-0.25, -0.2) is 4.98 Å². The zero-order valence-electron chi connectivity index (χ0n) is 15.2. The number of rotatable bonds is 5. The topological polar surface area (TPSA) is 44.6 Å². The third kappa shape index (κ3) is 4.36. The SMILES string of the molecule is CN1CCCC[C@H]1CCC(=O)N1CCN(Cc2nccn2C)CC1. The minimum Gasteiger partial charge on any atom is -0.340 e. The van der Waals surface area contributed by atoms with Gasteiger partial charge < -0.3 is 14.4 Å². The van der Waals surface area contributed by atoms with Crippen LogP contribution in [-0.2, 0) is 18.4 Å². The minimum absolute atomic E-state index is 0.339. The average Bonchev–Trinajstić information content (AvgIpc) is 2.99. The Morgan fingerprint density at radius 3 is 2.62 bits per heavy atom. The molecule has 1 aromatic heterocycles. The number of likely N-dealkylation sites (tertiary alicyclic amines) is 1. The van der Waals surface area contributed by atoms with E-state index in [4.69, 9.17) is 0 Å². The molecule has 0 aromatic carbocycles. The molecule has 2 aliphatic rings. The second-order valence-corrected chi connectivity index (χ2v) is 7.28. The maximum absolute atomic E-state index is 12.5. The monoisotopic (exact) mass is 333 g/mol. The van der Waals surface area contributed by atoms with Crippen LogP contribution in [0.3, 0.4) is 0 Å². The van der Waals surface area contributed by atoms with E-state index in [1.807, 2.05) is 19.4 Å². The van der Waals surface area contributed by atoms with E-state index in [0.29, 0.717) is 18.4 Å². The molecule has 0 N–H and O–H groups in total. The Hall–Kier alpha value is -1.40. The molecule has 0 aliphatic carbocycles. The molecule has 0 spiro atoms. The molecule has 134 valence electrons. The predicted molar refractivity (Wildman–Crippen MR) is 94.6 cm³/mol. The van der Waals surface area contributed by atoms with Crippen LogP contribution in [0.2, 0.25) is 0 Å². The van der Waals surface area contributed by atoms with Gasteiger partial charge in [-0.1, -0.05) is 6.42 Å². The van der Waals surface area contributed by atoms with E-state index in [2.05, 4.69) is 31.3 Å². The molecule has 1 atom stereocenters. The second-order valence-electron chi connectivity index (χ2n) is 7.28. The molecule has 1 amide bonds. The van der Waals surface area contributed by atoms with Crippen molar-refractivity contribution in [1.82, 2.24) is 24.3 Å². The van der Waals surface area contributed by atoms with Gasteiger partial charge in [0.1, 0.15) is 5.82 Å². The standard InChI is InChI=1S/C18H31N5O/c1-20-9-4-3-5-16(20)6-7-18(24)23-13-11-22(12-14-23)15-17-19-8-10-21(17)2/h8,10,16H,3-7,9,11-15H2,1-2H3/t16-/m0/s1. The number of piperazine rings is 1. The number of hydrogen-bond acceptors (Lipinski definition) is 4. The molecule has 3 rings (SSSR count). The third-order valence-electron chi connectivity index (χ3n) is 5.62. The Balaban J connectivity index is 1.39. The molecule has 0 bridgehead atoms. The van der Waals surface area contributed by atoms with Crippen molar-refractivity contribution >= 4 is 5.91 Å². The molecule has 2 fully saturated rings. The van der Waals surface area contributed by atoms with Crippen molar-refractivity contribution in [3.63, 3.8) is 0 Å².